The molecule has 1 N–H and O–H groups in total. The highest BCUT2D eigenvalue weighted by atomic mass is 32.2. The highest BCUT2D eigenvalue weighted by molar-refractivity contribution is 8.00. The van der Waals surface area contributed by atoms with Crippen molar-refractivity contribution < 1.29 is 4.79 Å². The average molecular weight is 429 g/mol. The van der Waals surface area contributed by atoms with Crippen LogP contribution in [-0.4, -0.2) is 33.2 Å². The Balaban J connectivity index is 1.26. The van der Waals surface area contributed by atoms with Gasteiger partial charge in [0.05, 0.1) is 21.0 Å². The number of aryl methyl sites for hydroxylation is 3. The second-order valence-electron chi connectivity index (χ2n) is 6.46. The zero-order valence-corrected chi connectivity index (χ0v) is 18.1. The van der Waals surface area contributed by atoms with Gasteiger partial charge in [-0.1, -0.05) is 23.9 Å². The number of carbonyl (C=O) groups is 1. The molecule has 0 saturated heterocycles. The number of benzene rings is 1. The van der Waals surface area contributed by atoms with E-state index in [1.54, 1.807) is 29.0 Å². The molecule has 28 heavy (non-hydrogen) atoms. The molecule has 3 aromatic heterocycles. The summed E-state index contributed by atoms with van der Waals surface area (Å²) in [5.41, 5.74) is 2.26. The maximum absolute atomic E-state index is 12.2. The third-order valence-electron chi connectivity index (χ3n) is 4.50. The Labute approximate surface area is 175 Å². The van der Waals surface area contributed by atoms with Crippen LogP contribution >= 0.6 is 34.4 Å². The van der Waals surface area contributed by atoms with E-state index in [1.807, 2.05) is 18.2 Å². The molecule has 8 heteroatoms. The summed E-state index contributed by atoms with van der Waals surface area (Å²) in [5.74, 6) is 0.396. The predicted octanol–water partition coefficient (Wildman–Crippen LogP) is 4.76. The highest BCUT2D eigenvalue weighted by Gasteiger charge is 2.13. The van der Waals surface area contributed by atoms with Crippen LogP contribution in [0.15, 0.2) is 35.6 Å². The van der Waals surface area contributed by atoms with Gasteiger partial charge in [0.2, 0.25) is 5.91 Å². The topological polar surface area (TPSA) is 67.8 Å². The number of nitrogens with one attached hydrogen (secondary N) is 1. The van der Waals surface area contributed by atoms with Crippen LogP contribution in [0.2, 0.25) is 0 Å². The van der Waals surface area contributed by atoms with Crippen LogP contribution < -0.4 is 5.32 Å². The molecule has 4 rings (SSSR count). The molecule has 0 fully saturated rings. The van der Waals surface area contributed by atoms with Gasteiger partial charge in [0, 0.05) is 23.2 Å². The van der Waals surface area contributed by atoms with Crippen LogP contribution in [0.4, 0.5) is 0 Å². The number of hydrogen-bond acceptors (Lipinski definition) is 7. The van der Waals surface area contributed by atoms with Crippen molar-refractivity contribution in [1.29, 1.82) is 0 Å². The first-order valence-electron chi connectivity index (χ1n) is 9.06. The molecule has 1 amide bonds. The highest BCUT2D eigenvalue weighted by Crippen LogP contribution is 2.34. The van der Waals surface area contributed by atoms with Crippen molar-refractivity contribution in [2.45, 2.75) is 31.7 Å². The van der Waals surface area contributed by atoms with Crippen molar-refractivity contribution in [1.82, 2.24) is 20.3 Å². The van der Waals surface area contributed by atoms with Gasteiger partial charge in [-0.15, -0.1) is 22.7 Å². The van der Waals surface area contributed by atoms with E-state index in [4.69, 9.17) is 0 Å². The quantitative estimate of drug-likeness (QED) is 0.261. The van der Waals surface area contributed by atoms with Crippen LogP contribution in [0.5, 0.6) is 0 Å². The summed E-state index contributed by atoms with van der Waals surface area (Å²) >= 11 is 4.88. The molecule has 0 bridgehead atoms. The lowest BCUT2D eigenvalue weighted by Crippen LogP contribution is -2.26. The molecule has 3 heterocycles. The molecule has 0 radical (unpaired) electrons. The summed E-state index contributed by atoms with van der Waals surface area (Å²) in [7, 11) is 0. The van der Waals surface area contributed by atoms with Crippen LogP contribution in [0, 0.1) is 13.8 Å². The number of hydrogen-bond donors (Lipinski definition) is 1. The Kier molecular flexibility index (Phi) is 5.89. The Bertz CT molecular complexity index is 1100. The average Bonchev–Trinajstić information content (AvgIpc) is 3.24. The second-order valence-corrected chi connectivity index (χ2v) is 9.74. The fourth-order valence-electron chi connectivity index (χ4n) is 2.94. The minimum Gasteiger partial charge on any atom is -0.355 e. The van der Waals surface area contributed by atoms with E-state index in [2.05, 4.69) is 40.2 Å². The van der Waals surface area contributed by atoms with E-state index in [0.29, 0.717) is 12.3 Å². The fourth-order valence-corrected chi connectivity index (χ4v) is 5.89. The summed E-state index contributed by atoms with van der Waals surface area (Å²) in [5, 5.41) is 6.09. The zero-order chi connectivity index (χ0) is 19.5. The number of nitrogens with zero attached hydrogens (tertiary/aromatic N) is 3. The third-order valence-corrected chi connectivity index (χ3v) is 7.70. The summed E-state index contributed by atoms with van der Waals surface area (Å²) in [6.07, 6.45) is 3.35. The molecule has 0 aliphatic carbocycles. The molecule has 0 atom stereocenters. The zero-order valence-electron chi connectivity index (χ0n) is 15.7. The van der Waals surface area contributed by atoms with Crippen molar-refractivity contribution >= 4 is 60.8 Å². The number of carbonyl (C=O) groups excluding carboxylic acids is 1. The molecule has 0 aliphatic heterocycles. The van der Waals surface area contributed by atoms with E-state index in [0.717, 1.165) is 38.6 Å². The van der Waals surface area contributed by atoms with Gasteiger partial charge >= 0.3 is 0 Å². The number of thiophene rings is 1. The molecule has 0 aliphatic rings. The van der Waals surface area contributed by atoms with E-state index in [-0.39, 0.29) is 5.91 Å². The normalized spacial score (nSPS) is 11.4. The van der Waals surface area contributed by atoms with E-state index < -0.39 is 0 Å². The van der Waals surface area contributed by atoms with Crippen molar-refractivity contribution in [3.8, 4) is 0 Å². The van der Waals surface area contributed by atoms with Crippen molar-refractivity contribution in [2.75, 3.05) is 12.3 Å². The number of amides is 1. The molecule has 144 valence electrons. The monoisotopic (exact) mass is 428 g/mol. The summed E-state index contributed by atoms with van der Waals surface area (Å²) in [6.45, 7) is 4.84. The molecule has 1 aromatic carbocycles. The maximum atomic E-state index is 12.2. The first kappa shape index (κ1) is 19.3. The second kappa shape index (κ2) is 8.55. The molecule has 5 nitrogen and oxygen atoms in total. The van der Waals surface area contributed by atoms with Crippen molar-refractivity contribution in [3.63, 3.8) is 0 Å². The number of aromatic nitrogens is 3. The molecule has 4 aromatic rings. The van der Waals surface area contributed by atoms with Gasteiger partial charge in [-0.3, -0.25) is 4.79 Å². The van der Waals surface area contributed by atoms with Crippen LogP contribution in [0.1, 0.15) is 21.9 Å². The molecule has 0 spiro atoms. The summed E-state index contributed by atoms with van der Waals surface area (Å²) < 4.78 is 1.22. The SMILES string of the molecule is Cc1sc2ncnc(SCC(=O)NCCCc3nc4ccccc4s3)c2c1C. The van der Waals surface area contributed by atoms with Gasteiger partial charge in [-0.25, -0.2) is 15.0 Å². The fraction of sp³-hybridized carbons (Fsp3) is 0.300. The molecule has 0 unspecified atom stereocenters. The van der Waals surface area contributed by atoms with Gasteiger partial charge in [-0.2, -0.15) is 0 Å². The first-order valence-corrected chi connectivity index (χ1v) is 11.7. The lowest BCUT2D eigenvalue weighted by Gasteiger charge is -2.05. The lowest BCUT2D eigenvalue weighted by atomic mass is 10.2. The largest absolute Gasteiger partial charge is 0.355 e. The lowest BCUT2D eigenvalue weighted by molar-refractivity contribution is -0.118. The van der Waals surface area contributed by atoms with E-state index in [1.165, 1.54) is 26.9 Å². The van der Waals surface area contributed by atoms with Gasteiger partial charge in [0.25, 0.3) is 0 Å². The minimum absolute atomic E-state index is 0.0330. The van der Waals surface area contributed by atoms with Gasteiger partial charge in [0.15, 0.2) is 0 Å². The number of thioether (sulfide) groups is 1. The molecular formula is C20H20N4OS3. The van der Waals surface area contributed by atoms with Crippen molar-refractivity contribution in [3.05, 3.63) is 46.0 Å². The Morgan fingerprint density at radius 2 is 2.04 bits per heavy atom. The maximum Gasteiger partial charge on any atom is 0.230 e. The minimum atomic E-state index is 0.0330. The van der Waals surface area contributed by atoms with E-state index >= 15 is 0 Å². The van der Waals surface area contributed by atoms with Gasteiger partial charge in [-0.05, 0) is 38.0 Å². The van der Waals surface area contributed by atoms with Gasteiger partial charge in [0.1, 0.15) is 16.2 Å². The number of rotatable bonds is 7. The standard InChI is InChI=1S/C20H20N4OS3/c1-12-13(2)27-20-18(12)19(22-11-23-20)26-10-16(25)21-9-5-8-17-24-14-6-3-4-7-15(14)28-17/h3-4,6-7,11H,5,8-10H2,1-2H3,(H,21,25). The third kappa shape index (κ3) is 4.19. The molecule has 0 saturated carbocycles. The predicted molar refractivity (Wildman–Crippen MR) is 119 cm³/mol. The first-order chi connectivity index (χ1) is 13.6. The number of fused-ring (bicyclic) bond motifs is 2. The number of para-hydroxylation sites is 1. The Hall–Kier alpha value is -2.03. The Morgan fingerprint density at radius 1 is 1.18 bits per heavy atom. The van der Waals surface area contributed by atoms with Crippen LogP contribution in [-0.2, 0) is 11.2 Å². The summed E-state index contributed by atoms with van der Waals surface area (Å²) in [6, 6.07) is 8.17. The smallest absolute Gasteiger partial charge is 0.230 e. The number of thiazole rings is 1. The van der Waals surface area contributed by atoms with Crippen LogP contribution in [0.3, 0.4) is 0 Å². The molecular weight excluding hydrogens is 408 g/mol. The van der Waals surface area contributed by atoms with Gasteiger partial charge < -0.3 is 5.32 Å². The Morgan fingerprint density at radius 3 is 2.89 bits per heavy atom. The van der Waals surface area contributed by atoms with Crippen molar-refractivity contribution in [2.24, 2.45) is 0 Å². The summed E-state index contributed by atoms with van der Waals surface area (Å²) in [4.78, 5) is 27.8. The van der Waals surface area contributed by atoms with E-state index in [9.17, 15) is 4.79 Å². The van der Waals surface area contributed by atoms with Crippen LogP contribution in [0.25, 0.3) is 20.4 Å².